The van der Waals surface area contributed by atoms with E-state index < -0.39 is 5.41 Å². The van der Waals surface area contributed by atoms with Crippen LogP contribution >= 0.6 is 11.6 Å². The summed E-state index contributed by atoms with van der Waals surface area (Å²) in [5, 5.41) is 8.40. The van der Waals surface area contributed by atoms with Gasteiger partial charge >= 0.3 is 0 Å². The number of benzene rings is 6. The molecule has 0 atom stereocenters. The number of hydrogen-bond donors (Lipinski definition) is 0. The molecule has 0 saturated carbocycles. The molecule has 1 aliphatic carbocycles. The molecule has 8 rings (SSSR count). The van der Waals surface area contributed by atoms with Gasteiger partial charge < -0.3 is 4.74 Å². The Morgan fingerprint density at radius 2 is 1.03 bits per heavy atom. The zero-order valence-corrected chi connectivity index (χ0v) is 18.4. The molecule has 6 aromatic carbocycles. The first kappa shape index (κ1) is 17.7. The normalized spacial score (nSPS) is 14.7. The molecule has 0 N–H and O–H groups in total. The number of fused-ring (bicyclic) bond motifs is 9. The van der Waals surface area contributed by atoms with Crippen molar-refractivity contribution in [1.82, 2.24) is 0 Å². The number of halogens is 1. The minimum Gasteiger partial charge on any atom is -0.457 e. The molecular formula is C31H17ClO. The molecule has 154 valence electrons. The predicted octanol–water partition coefficient (Wildman–Crippen LogP) is 8.60. The molecule has 0 fully saturated rings. The summed E-state index contributed by atoms with van der Waals surface area (Å²) in [5.74, 6) is 1.84. The first-order valence-electron chi connectivity index (χ1n) is 11.2. The largest absolute Gasteiger partial charge is 0.457 e. The van der Waals surface area contributed by atoms with Gasteiger partial charge in [0.05, 0.1) is 5.41 Å². The van der Waals surface area contributed by atoms with Gasteiger partial charge in [0, 0.05) is 16.1 Å². The fourth-order valence-electron chi connectivity index (χ4n) is 6.41. The van der Waals surface area contributed by atoms with Gasteiger partial charge in [0.2, 0.25) is 0 Å². The third-order valence-electron chi connectivity index (χ3n) is 7.55. The lowest BCUT2D eigenvalue weighted by Gasteiger charge is -2.39. The van der Waals surface area contributed by atoms with E-state index in [1.165, 1.54) is 54.6 Å². The maximum absolute atomic E-state index is 6.48. The van der Waals surface area contributed by atoms with Crippen LogP contribution in [0.5, 0.6) is 11.5 Å². The molecule has 33 heavy (non-hydrogen) atoms. The summed E-state index contributed by atoms with van der Waals surface area (Å²) >= 11 is 6.48. The van der Waals surface area contributed by atoms with Gasteiger partial charge in [-0.05, 0) is 67.7 Å². The predicted molar refractivity (Wildman–Crippen MR) is 136 cm³/mol. The van der Waals surface area contributed by atoms with Crippen molar-refractivity contribution in [2.24, 2.45) is 0 Å². The zero-order chi connectivity index (χ0) is 21.7. The molecule has 0 unspecified atom stereocenters. The summed E-state index contributed by atoms with van der Waals surface area (Å²) in [4.78, 5) is 0. The second kappa shape index (κ2) is 5.95. The van der Waals surface area contributed by atoms with Crippen LogP contribution in [-0.2, 0) is 5.41 Å². The number of ether oxygens (including phenoxy) is 1. The van der Waals surface area contributed by atoms with Crippen LogP contribution in [0.1, 0.15) is 22.3 Å². The number of rotatable bonds is 0. The summed E-state index contributed by atoms with van der Waals surface area (Å²) in [6.45, 7) is 0. The quantitative estimate of drug-likeness (QED) is 0.214. The van der Waals surface area contributed by atoms with Crippen molar-refractivity contribution in [3.63, 3.8) is 0 Å². The molecule has 0 amide bonds. The van der Waals surface area contributed by atoms with Gasteiger partial charge in [0.1, 0.15) is 11.5 Å². The molecule has 1 aliphatic heterocycles. The van der Waals surface area contributed by atoms with Crippen LogP contribution in [0.3, 0.4) is 0 Å². The maximum Gasteiger partial charge on any atom is 0.132 e. The third kappa shape index (κ3) is 1.97. The lowest BCUT2D eigenvalue weighted by molar-refractivity contribution is 0.436. The highest BCUT2D eigenvalue weighted by atomic mass is 35.5. The highest BCUT2D eigenvalue weighted by Crippen LogP contribution is 2.62. The summed E-state index contributed by atoms with van der Waals surface area (Å²) in [6.07, 6.45) is 0. The maximum atomic E-state index is 6.48. The van der Waals surface area contributed by atoms with Crippen LogP contribution in [0.4, 0.5) is 0 Å². The Bertz CT molecular complexity index is 1770. The van der Waals surface area contributed by atoms with E-state index in [-0.39, 0.29) is 0 Å². The minimum atomic E-state index is -0.423. The molecule has 0 saturated heterocycles. The van der Waals surface area contributed by atoms with Crippen molar-refractivity contribution in [2.45, 2.75) is 5.41 Å². The van der Waals surface area contributed by atoms with E-state index in [1.807, 2.05) is 6.07 Å². The highest BCUT2D eigenvalue weighted by molar-refractivity contribution is 6.34. The Morgan fingerprint density at radius 3 is 1.67 bits per heavy atom. The van der Waals surface area contributed by atoms with Gasteiger partial charge in [-0.3, -0.25) is 0 Å². The van der Waals surface area contributed by atoms with Crippen LogP contribution in [-0.4, -0.2) is 0 Å². The monoisotopic (exact) mass is 440 g/mol. The van der Waals surface area contributed by atoms with Crippen molar-refractivity contribution < 1.29 is 4.74 Å². The SMILES string of the molecule is Clc1ccc2c(c1)c1cccc3c1c1c(cccc21)C31c2ccccc2Oc2ccccc21. The highest BCUT2D eigenvalue weighted by Gasteiger charge is 2.50. The molecular weight excluding hydrogens is 424 g/mol. The second-order valence-electron chi connectivity index (χ2n) is 8.99. The summed E-state index contributed by atoms with van der Waals surface area (Å²) in [5.41, 5.74) is 4.61. The van der Waals surface area contributed by atoms with Crippen LogP contribution in [0.25, 0.3) is 32.3 Å². The molecule has 0 radical (unpaired) electrons. The van der Waals surface area contributed by atoms with Crippen LogP contribution < -0.4 is 4.74 Å². The Hall–Kier alpha value is -3.81. The molecule has 2 aliphatic rings. The van der Waals surface area contributed by atoms with Gasteiger partial charge in [0.25, 0.3) is 0 Å². The average Bonchev–Trinajstić information content (AvgIpc) is 3.16. The van der Waals surface area contributed by atoms with Crippen molar-refractivity contribution in [3.8, 4) is 11.5 Å². The second-order valence-corrected chi connectivity index (χ2v) is 9.43. The molecule has 0 bridgehead atoms. The van der Waals surface area contributed by atoms with E-state index >= 15 is 0 Å². The van der Waals surface area contributed by atoms with E-state index in [0.29, 0.717) is 0 Å². The lowest BCUT2D eigenvalue weighted by Crippen LogP contribution is -2.32. The van der Waals surface area contributed by atoms with Gasteiger partial charge in [-0.25, -0.2) is 0 Å². The first-order chi connectivity index (χ1) is 16.3. The molecule has 0 aromatic heterocycles. The van der Waals surface area contributed by atoms with Crippen molar-refractivity contribution in [3.05, 3.63) is 130 Å². The van der Waals surface area contributed by atoms with Crippen LogP contribution in [0.15, 0.2) is 103 Å². The van der Waals surface area contributed by atoms with E-state index in [9.17, 15) is 0 Å². The fraction of sp³-hybridized carbons (Fsp3) is 0.0323. The van der Waals surface area contributed by atoms with E-state index in [4.69, 9.17) is 16.3 Å². The van der Waals surface area contributed by atoms with E-state index in [0.717, 1.165) is 16.5 Å². The topological polar surface area (TPSA) is 9.23 Å². The number of hydrogen-bond acceptors (Lipinski definition) is 1. The molecule has 2 heteroatoms. The fourth-order valence-corrected chi connectivity index (χ4v) is 6.58. The number of para-hydroxylation sites is 2. The Balaban J connectivity index is 1.69. The zero-order valence-electron chi connectivity index (χ0n) is 17.6. The van der Waals surface area contributed by atoms with Crippen molar-refractivity contribution in [1.29, 1.82) is 0 Å². The van der Waals surface area contributed by atoms with E-state index in [2.05, 4.69) is 97.1 Å². The van der Waals surface area contributed by atoms with Crippen LogP contribution in [0.2, 0.25) is 5.02 Å². The van der Waals surface area contributed by atoms with Crippen molar-refractivity contribution in [2.75, 3.05) is 0 Å². The first-order valence-corrected chi connectivity index (χ1v) is 11.6. The molecule has 1 spiro atoms. The van der Waals surface area contributed by atoms with Crippen molar-refractivity contribution >= 4 is 43.9 Å². The summed E-state index contributed by atoms with van der Waals surface area (Å²) in [6, 6.07) is 36.8. The van der Waals surface area contributed by atoms with E-state index in [1.54, 1.807) is 0 Å². The minimum absolute atomic E-state index is 0.423. The summed E-state index contributed by atoms with van der Waals surface area (Å²) < 4.78 is 6.43. The standard InChI is InChI=1S/C31H17ClO/c32-18-15-16-19-20-7-5-11-25-29(20)30-21(22(19)17-18)8-6-12-26(30)31(25)23-9-1-3-13-27(23)33-28-14-4-2-10-24(28)31/h1-17H. The molecule has 1 nitrogen and oxygen atoms in total. The van der Waals surface area contributed by atoms with Gasteiger partial charge in [-0.1, -0.05) is 90.5 Å². The molecule has 6 aromatic rings. The molecule has 1 heterocycles. The third-order valence-corrected chi connectivity index (χ3v) is 7.79. The van der Waals surface area contributed by atoms with Gasteiger partial charge in [-0.2, -0.15) is 0 Å². The Morgan fingerprint density at radius 1 is 0.485 bits per heavy atom. The average molecular weight is 441 g/mol. The Labute approximate surface area is 195 Å². The van der Waals surface area contributed by atoms with Gasteiger partial charge in [-0.15, -0.1) is 0 Å². The lowest BCUT2D eigenvalue weighted by atomic mass is 9.66. The summed E-state index contributed by atoms with van der Waals surface area (Å²) in [7, 11) is 0. The smallest absolute Gasteiger partial charge is 0.132 e. The Kier molecular flexibility index (Phi) is 3.19. The van der Waals surface area contributed by atoms with Crippen LogP contribution in [0, 0.1) is 0 Å². The van der Waals surface area contributed by atoms with Gasteiger partial charge in [0.15, 0.2) is 0 Å².